The molecular weight excluding hydrogens is 380 g/mol. The Morgan fingerprint density at radius 1 is 1.00 bits per heavy atom. The summed E-state index contributed by atoms with van der Waals surface area (Å²) in [5.74, 6) is 0.796. The third-order valence-corrected chi connectivity index (χ3v) is 5.41. The SMILES string of the molecule is CC1=CC(=NOc2ccc3noc4c3c2C(=O)c2ccccc2-4)C=C(C(C)C)C1=O. The topological polar surface area (TPSA) is 81.8 Å². The van der Waals surface area contributed by atoms with Crippen molar-refractivity contribution >= 4 is 28.2 Å². The number of oxime groups is 1. The van der Waals surface area contributed by atoms with E-state index < -0.39 is 0 Å². The number of carbonyl (C=O) groups excluding carboxylic acids is 2. The third-order valence-electron chi connectivity index (χ3n) is 5.41. The summed E-state index contributed by atoms with van der Waals surface area (Å²) in [6.45, 7) is 5.68. The number of Topliss-reactive ketones (excluding diaryl/α,β-unsaturated/α-hetero) is 1. The maximum atomic E-state index is 13.2. The van der Waals surface area contributed by atoms with Gasteiger partial charge in [-0.2, -0.15) is 0 Å². The zero-order valence-corrected chi connectivity index (χ0v) is 16.7. The van der Waals surface area contributed by atoms with E-state index >= 15 is 0 Å². The number of aromatic nitrogens is 1. The third kappa shape index (κ3) is 2.64. The van der Waals surface area contributed by atoms with Gasteiger partial charge in [-0.25, -0.2) is 0 Å². The molecule has 0 saturated carbocycles. The molecule has 6 heteroatoms. The molecule has 148 valence electrons. The van der Waals surface area contributed by atoms with Gasteiger partial charge in [0.1, 0.15) is 11.2 Å². The van der Waals surface area contributed by atoms with Crippen LogP contribution in [0.4, 0.5) is 0 Å². The molecule has 0 spiro atoms. The number of rotatable bonds is 3. The number of hydrogen-bond acceptors (Lipinski definition) is 6. The van der Waals surface area contributed by atoms with Crippen LogP contribution in [0.1, 0.15) is 36.7 Å². The Morgan fingerprint density at radius 3 is 2.53 bits per heavy atom. The number of hydrogen-bond donors (Lipinski definition) is 0. The lowest BCUT2D eigenvalue weighted by atomic mass is 9.87. The zero-order valence-electron chi connectivity index (χ0n) is 16.7. The van der Waals surface area contributed by atoms with Crippen LogP contribution in [-0.4, -0.2) is 22.4 Å². The van der Waals surface area contributed by atoms with Gasteiger partial charge in [-0.3, -0.25) is 9.59 Å². The first-order valence-corrected chi connectivity index (χ1v) is 9.71. The number of allylic oxidation sites excluding steroid dienone is 4. The summed E-state index contributed by atoms with van der Waals surface area (Å²) in [5.41, 5.74) is 4.03. The highest BCUT2D eigenvalue weighted by molar-refractivity contribution is 6.26. The summed E-state index contributed by atoms with van der Waals surface area (Å²) < 4.78 is 5.54. The molecule has 2 aromatic carbocycles. The molecule has 0 bridgehead atoms. The highest BCUT2D eigenvalue weighted by Crippen LogP contribution is 2.42. The van der Waals surface area contributed by atoms with Crippen LogP contribution in [0, 0.1) is 5.92 Å². The first-order valence-electron chi connectivity index (χ1n) is 9.71. The predicted molar refractivity (Wildman–Crippen MR) is 113 cm³/mol. The fourth-order valence-electron chi connectivity index (χ4n) is 3.88. The predicted octanol–water partition coefficient (Wildman–Crippen LogP) is 4.89. The molecule has 30 heavy (non-hydrogen) atoms. The van der Waals surface area contributed by atoms with Gasteiger partial charge in [0.15, 0.2) is 23.1 Å². The van der Waals surface area contributed by atoms with Crippen LogP contribution in [-0.2, 0) is 4.79 Å². The summed E-state index contributed by atoms with van der Waals surface area (Å²) >= 11 is 0. The molecule has 1 aromatic heterocycles. The molecule has 6 nitrogen and oxygen atoms in total. The molecule has 0 unspecified atom stereocenters. The van der Waals surface area contributed by atoms with Gasteiger partial charge in [0, 0.05) is 16.7 Å². The summed E-state index contributed by atoms with van der Waals surface area (Å²) in [6.07, 6.45) is 3.41. The van der Waals surface area contributed by atoms with Crippen molar-refractivity contribution in [1.82, 2.24) is 5.16 Å². The first-order chi connectivity index (χ1) is 14.5. The fourth-order valence-corrected chi connectivity index (χ4v) is 3.88. The molecule has 0 N–H and O–H groups in total. The fraction of sp³-hybridized carbons (Fsp3) is 0.167. The van der Waals surface area contributed by atoms with E-state index in [2.05, 4.69) is 10.3 Å². The van der Waals surface area contributed by atoms with Crippen LogP contribution in [0.15, 0.2) is 69.4 Å². The number of benzene rings is 2. The van der Waals surface area contributed by atoms with Gasteiger partial charge in [0.2, 0.25) is 0 Å². The maximum absolute atomic E-state index is 13.2. The largest absolute Gasteiger partial charge is 0.356 e. The molecule has 0 radical (unpaired) electrons. The van der Waals surface area contributed by atoms with Crippen LogP contribution in [0.25, 0.3) is 22.2 Å². The van der Waals surface area contributed by atoms with Gasteiger partial charge < -0.3 is 9.36 Å². The van der Waals surface area contributed by atoms with Crippen LogP contribution >= 0.6 is 0 Å². The second-order valence-electron chi connectivity index (χ2n) is 7.74. The number of fused-ring (bicyclic) bond motifs is 2. The molecule has 2 aliphatic rings. The summed E-state index contributed by atoms with van der Waals surface area (Å²) in [7, 11) is 0. The van der Waals surface area contributed by atoms with Crippen molar-refractivity contribution < 1.29 is 18.9 Å². The minimum atomic E-state index is -0.161. The molecule has 0 saturated heterocycles. The van der Waals surface area contributed by atoms with Crippen molar-refractivity contribution in [2.75, 3.05) is 0 Å². The Kier molecular flexibility index (Phi) is 4.03. The number of ketones is 2. The van der Waals surface area contributed by atoms with Crippen LogP contribution in [0.2, 0.25) is 0 Å². The second kappa shape index (κ2) is 6.62. The van der Waals surface area contributed by atoms with Crippen LogP contribution < -0.4 is 4.84 Å². The molecular formula is C24H18N2O4. The van der Waals surface area contributed by atoms with Crippen molar-refractivity contribution in [1.29, 1.82) is 0 Å². The zero-order chi connectivity index (χ0) is 21.0. The van der Waals surface area contributed by atoms with E-state index in [1.807, 2.05) is 32.0 Å². The highest BCUT2D eigenvalue weighted by atomic mass is 16.6. The van der Waals surface area contributed by atoms with Crippen molar-refractivity contribution in [3.63, 3.8) is 0 Å². The smallest absolute Gasteiger partial charge is 0.198 e. The molecule has 3 aromatic rings. The molecule has 0 amide bonds. The van der Waals surface area contributed by atoms with E-state index in [-0.39, 0.29) is 17.5 Å². The Labute approximate surface area is 172 Å². The Bertz CT molecular complexity index is 1340. The molecule has 1 heterocycles. The Hall–Kier alpha value is -3.80. The van der Waals surface area contributed by atoms with E-state index in [1.165, 1.54) is 0 Å². The quantitative estimate of drug-likeness (QED) is 0.363. The Balaban J connectivity index is 1.61. The lowest BCUT2D eigenvalue weighted by Crippen LogP contribution is -2.17. The monoisotopic (exact) mass is 398 g/mol. The molecule has 0 fully saturated rings. The van der Waals surface area contributed by atoms with Crippen molar-refractivity contribution in [3.8, 4) is 17.1 Å². The molecule has 5 rings (SSSR count). The van der Waals surface area contributed by atoms with Crippen molar-refractivity contribution in [2.45, 2.75) is 20.8 Å². The minimum Gasteiger partial charge on any atom is -0.356 e. The van der Waals surface area contributed by atoms with Crippen LogP contribution in [0.3, 0.4) is 0 Å². The van der Waals surface area contributed by atoms with Gasteiger partial charge in [0.25, 0.3) is 0 Å². The average Bonchev–Trinajstić information content (AvgIpc) is 3.17. The van der Waals surface area contributed by atoms with Gasteiger partial charge in [0.05, 0.1) is 10.9 Å². The van der Waals surface area contributed by atoms with E-state index in [0.29, 0.717) is 50.4 Å². The second-order valence-corrected chi connectivity index (χ2v) is 7.74. The highest BCUT2D eigenvalue weighted by Gasteiger charge is 2.32. The lowest BCUT2D eigenvalue weighted by Gasteiger charge is -2.16. The van der Waals surface area contributed by atoms with E-state index in [0.717, 1.165) is 5.56 Å². The van der Waals surface area contributed by atoms with Crippen molar-refractivity contribution in [2.24, 2.45) is 11.1 Å². The summed E-state index contributed by atoms with van der Waals surface area (Å²) in [4.78, 5) is 31.3. The van der Waals surface area contributed by atoms with Gasteiger partial charge >= 0.3 is 0 Å². The number of carbonyl (C=O) groups is 2. The van der Waals surface area contributed by atoms with Gasteiger partial charge in [-0.15, -0.1) is 0 Å². The standard InChI is InChI=1S/C24H18N2O4/c1-12(2)17-11-14(10-13(3)22(17)27)25-29-19-9-8-18-20-21(19)23(28)15-6-4-5-7-16(15)24(20)30-26-18/h4-12H,1-3H3. The normalized spacial score (nSPS) is 16.7. The number of nitrogens with zero attached hydrogens (tertiary/aromatic N) is 2. The summed E-state index contributed by atoms with van der Waals surface area (Å²) in [6, 6.07) is 10.7. The molecule has 0 atom stereocenters. The molecule has 2 aliphatic carbocycles. The van der Waals surface area contributed by atoms with Gasteiger partial charge in [-0.05, 0) is 42.7 Å². The van der Waals surface area contributed by atoms with Gasteiger partial charge in [-0.1, -0.05) is 48.4 Å². The van der Waals surface area contributed by atoms with E-state index in [9.17, 15) is 9.59 Å². The van der Waals surface area contributed by atoms with Crippen LogP contribution in [0.5, 0.6) is 5.75 Å². The lowest BCUT2D eigenvalue weighted by molar-refractivity contribution is -0.112. The summed E-state index contributed by atoms with van der Waals surface area (Å²) in [5, 5.41) is 8.94. The maximum Gasteiger partial charge on any atom is 0.198 e. The van der Waals surface area contributed by atoms with E-state index in [4.69, 9.17) is 9.36 Å². The van der Waals surface area contributed by atoms with E-state index in [1.54, 1.807) is 37.3 Å². The Morgan fingerprint density at radius 2 is 1.77 bits per heavy atom. The minimum absolute atomic E-state index is 0.0151. The first kappa shape index (κ1) is 18.2. The average molecular weight is 398 g/mol. The molecule has 0 aliphatic heterocycles. The van der Waals surface area contributed by atoms with Crippen molar-refractivity contribution in [3.05, 3.63) is 70.8 Å².